The largest absolute Gasteiger partial charge is 0.323 e. The zero-order chi connectivity index (χ0) is 18.7. The molecule has 0 saturated carbocycles. The Morgan fingerprint density at radius 3 is 2.65 bits per heavy atom. The van der Waals surface area contributed by atoms with Crippen molar-refractivity contribution in [3.8, 4) is 5.69 Å². The molecule has 2 aromatic carbocycles. The van der Waals surface area contributed by atoms with E-state index < -0.39 is 29.0 Å². The predicted octanol–water partition coefficient (Wildman–Crippen LogP) is 4.33. The number of halogens is 3. The molecule has 26 heavy (non-hydrogen) atoms. The maximum absolute atomic E-state index is 13.6. The van der Waals surface area contributed by atoms with Gasteiger partial charge in [0, 0.05) is 24.5 Å². The van der Waals surface area contributed by atoms with Crippen LogP contribution in [0.1, 0.15) is 5.56 Å². The molecular weight excluding hydrogens is 363 g/mol. The van der Waals surface area contributed by atoms with Crippen molar-refractivity contribution in [1.82, 2.24) is 9.55 Å². The lowest BCUT2D eigenvalue weighted by atomic mass is 10.2. The number of thioether (sulfide) groups is 1. The number of amides is 1. The van der Waals surface area contributed by atoms with Crippen molar-refractivity contribution in [1.29, 1.82) is 0 Å². The van der Waals surface area contributed by atoms with Crippen molar-refractivity contribution in [2.45, 2.75) is 12.1 Å². The fourth-order valence-corrected chi connectivity index (χ4v) is 3.11. The van der Waals surface area contributed by atoms with Gasteiger partial charge in [0.05, 0.1) is 17.1 Å². The van der Waals surface area contributed by atoms with Crippen LogP contribution in [0, 0.1) is 24.4 Å². The van der Waals surface area contributed by atoms with E-state index in [2.05, 4.69) is 10.3 Å². The molecule has 1 amide bonds. The van der Waals surface area contributed by atoms with Crippen LogP contribution in [0.4, 0.5) is 18.9 Å². The van der Waals surface area contributed by atoms with Gasteiger partial charge in [-0.2, -0.15) is 0 Å². The summed E-state index contributed by atoms with van der Waals surface area (Å²) >= 11 is 1.15. The molecule has 0 radical (unpaired) electrons. The summed E-state index contributed by atoms with van der Waals surface area (Å²) in [5.41, 5.74) is 1.57. The van der Waals surface area contributed by atoms with Gasteiger partial charge in [0.25, 0.3) is 0 Å². The Balaban J connectivity index is 1.69. The minimum Gasteiger partial charge on any atom is -0.323 e. The first kappa shape index (κ1) is 18.1. The van der Waals surface area contributed by atoms with E-state index in [1.54, 1.807) is 12.4 Å². The average molecular weight is 377 g/mol. The van der Waals surface area contributed by atoms with E-state index in [0.717, 1.165) is 23.0 Å². The highest BCUT2D eigenvalue weighted by atomic mass is 32.2. The molecule has 0 aliphatic carbocycles. The number of imidazole rings is 1. The Labute approximate surface area is 152 Å². The average Bonchev–Trinajstić information content (AvgIpc) is 3.06. The van der Waals surface area contributed by atoms with Crippen LogP contribution in [0.25, 0.3) is 5.69 Å². The highest BCUT2D eigenvalue weighted by Gasteiger charge is 2.14. The zero-order valence-electron chi connectivity index (χ0n) is 13.7. The number of nitrogens with one attached hydrogen (secondary N) is 1. The third-order valence-electron chi connectivity index (χ3n) is 3.60. The molecule has 3 rings (SSSR count). The smallest absolute Gasteiger partial charge is 0.234 e. The Kier molecular flexibility index (Phi) is 5.32. The summed E-state index contributed by atoms with van der Waals surface area (Å²) in [5.74, 6) is -4.20. The van der Waals surface area contributed by atoms with E-state index in [-0.39, 0.29) is 5.75 Å². The second-order valence-corrected chi connectivity index (χ2v) is 6.39. The summed E-state index contributed by atoms with van der Waals surface area (Å²) in [4.78, 5) is 16.2. The topological polar surface area (TPSA) is 46.9 Å². The van der Waals surface area contributed by atoms with Crippen LogP contribution >= 0.6 is 11.8 Å². The highest BCUT2D eigenvalue weighted by Crippen LogP contribution is 2.23. The van der Waals surface area contributed by atoms with Gasteiger partial charge < -0.3 is 5.32 Å². The van der Waals surface area contributed by atoms with Gasteiger partial charge in [0.1, 0.15) is 5.82 Å². The number of carbonyl (C=O) groups is 1. The number of carbonyl (C=O) groups excluding carboxylic acids is 1. The maximum atomic E-state index is 13.6. The molecule has 0 bridgehead atoms. The van der Waals surface area contributed by atoms with Crippen LogP contribution in [0.2, 0.25) is 0 Å². The molecule has 0 aliphatic rings. The van der Waals surface area contributed by atoms with Gasteiger partial charge in [-0.15, -0.1) is 0 Å². The number of para-hydroxylation sites is 1. The number of aromatic nitrogens is 2. The molecule has 1 heterocycles. The minimum atomic E-state index is -1.31. The minimum absolute atomic E-state index is 0.0681. The number of hydrogen-bond donors (Lipinski definition) is 1. The molecule has 0 saturated heterocycles. The molecule has 1 N–H and O–H groups in total. The molecule has 0 unspecified atom stereocenters. The van der Waals surface area contributed by atoms with E-state index >= 15 is 0 Å². The zero-order valence-corrected chi connectivity index (χ0v) is 14.5. The molecule has 0 aliphatic heterocycles. The van der Waals surface area contributed by atoms with Crippen LogP contribution < -0.4 is 5.32 Å². The van der Waals surface area contributed by atoms with E-state index in [0.29, 0.717) is 17.3 Å². The van der Waals surface area contributed by atoms with Crippen LogP contribution in [0.3, 0.4) is 0 Å². The summed E-state index contributed by atoms with van der Waals surface area (Å²) in [6, 6.07) is 8.71. The Morgan fingerprint density at radius 2 is 1.88 bits per heavy atom. The van der Waals surface area contributed by atoms with Crippen LogP contribution in [-0.2, 0) is 4.79 Å². The van der Waals surface area contributed by atoms with Gasteiger partial charge >= 0.3 is 0 Å². The monoisotopic (exact) mass is 377 g/mol. The predicted molar refractivity (Wildman–Crippen MR) is 94.0 cm³/mol. The number of anilines is 1. The lowest BCUT2D eigenvalue weighted by Crippen LogP contribution is -2.16. The molecule has 0 fully saturated rings. The number of rotatable bonds is 5. The number of benzene rings is 2. The van der Waals surface area contributed by atoms with Gasteiger partial charge in [0.2, 0.25) is 5.91 Å². The molecule has 134 valence electrons. The number of aryl methyl sites for hydroxylation is 1. The van der Waals surface area contributed by atoms with Crippen molar-refractivity contribution in [3.63, 3.8) is 0 Å². The summed E-state index contributed by atoms with van der Waals surface area (Å²) in [7, 11) is 0. The van der Waals surface area contributed by atoms with Crippen molar-refractivity contribution >= 4 is 23.4 Å². The standard InChI is InChI=1S/C18H14F3N3OS/c1-11-4-2-3-5-16(11)24-7-6-22-18(24)26-10-17(25)23-15-9-13(20)12(19)8-14(15)21/h2-9H,10H2,1H3,(H,23,25). The van der Waals surface area contributed by atoms with Crippen LogP contribution in [-0.4, -0.2) is 21.2 Å². The number of nitrogens with zero attached hydrogens (tertiary/aromatic N) is 2. The Morgan fingerprint density at radius 1 is 1.15 bits per heavy atom. The SMILES string of the molecule is Cc1ccccc1-n1ccnc1SCC(=O)Nc1cc(F)c(F)cc1F. The van der Waals surface area contributed by atoms with E-state index in [9.17, 15) is 18.0 Å². The van der Waals surface area contributed by atoms with E-state index in [4.69, 9.17) is 0 Å². The third-order valence-corrected chi connectivity index (χ3v) is 4.57. The molecule has 1 aromatic heterocycles. The fourth-order valence-electron chi connectivity index (χ4n) is 2.35. The van der Waals surface area contributed by atoms with E-state index in [1.807, 2.05) is 35.8 Å². The lowest BCUT2D eigenvalue weighted by Gasteiger charge is -2.10. The molecule has 3 aromatic rings. The first-order chi connectivity index (χ1) is 12.5. The Bertz CT molecular complexity index is 959. The number of hydrogen-bond acceptors (Lipinski definition) is 3. The molecule has 8 heteroatoms. The highest BCUT2D eigenvalue weighted by molar-refractivity contribution is 7.99. The molecule has 0 spiro atoms. The second kappa shape index (κ2) is 7.65. The van der Waals surface area contributed by atoms with Gasteiger partial charge in [-0.05, 0) is 18.6 Å². The molecule has 0 atom stereocenters. The summed E-state index contributed by atoms with van der Waals surface area (Å²) in [6.07, 6.45) is 3.39. The van der Waals surface area contributed by atoms with Crippen molar-refractivity contribution < 1.29 is 18.0 Å². The third kappa shape index (κ3) is 3.91. The van der Waals surface area contributed by atoms with Gasteiger partial charge in [-0.25, -0.2) is 18.2 Å². The van der Waals surface area contributed by atoms with Crippen LogP contribution in [0.5, 0.6) is 0 Å². The van der Waals surface area contributed by atoms with Crippen molar-refractivity contribution in [2.24, 2.45) is 0 Å². The van der Waals surface area contributed by atoms with E-state index in [1.165, 1.54) is 0 Å². The molecular formula is C18H14F3N3OS. The quantitative estimate of drug-likeness (QED) is 0.532. The lowest BCUT2D eigenvalue weighted by molar-refractivity contribution is -0.113. The second-order valence-electron chi connectivity index (χ2n) is 5.45. The summed E-state index contributed by atoms with van der Waals surface area (Å²) < 4.78 is 41.5. The molecule has 4 nitrogen and oxygen atoms in total. The van der Waals surface area contributed by atoms with Crippen LogP contribution in [0.15, 0.2) is 53.9 Å². The van der Waals surface area contributed by atoms with Crippen molar-refractivity contribution in [2.75, 3.05) is 11.1 Å². The van der Waals surface area contributed by atoms with Gasteiger partial charge in [-0.3, -0.25) is 9.36 Å². The maximum Gasteiger partial charge on any atom is 0.234 e. The normalized spacial score (nSPS) is 10.8. The first-order valence-corrected chi connectivity index (χ1v) is 8.61. The fraction of sp³-hybridized carbons (Fsp3) is 0.111. The summed E-state index contributed by atoms with van der Waals surface area (Å²) in [5, 5.41) is 2.82. The Hall–Kier alpha value is -2.74. The summed E-state index contributed by atoms with van der Waals surface area (Å²) in [6.45, 7) is 1.96. The first-order valence-electron chi connectivity index (χ1n) is 7.62. The van der Waals surface area contributed by atoms with Crippen molar-refractivity contribution in [3.05, 3.63) is 71.8 Å². The van der Waals surface area contributed by atoms with Gasteiger partial charge in [0.15, 0.2) is 16.8 Å². The van der Waals surface area contributed by atoms with Gasteiger partial charge in [-0.1, -0.05) is 30.0 Å².